The summed E-state index contributed by atoms with van der Waals surface area (Å²) in [5, 5.41) is 0. The topological polar surface area (TPSA) is 18.5 Å². The van der Waals surface area contributed by atoms with Crippen LogP contribution in [-0.4, -0.2) is 25.6 Å². The number of rotatable bonds is 0. The van der Waals surface area contributed by atoms with Crippen LogP contribution in [0.4, 0.5) is 0 Å². The summed E-state index contributed by atoms with van der Waals surface area (Å²) in [6.45, 7) is 8.29. The molecule has 0 saturated carbocycles. The van der Waals surface area contributed by atoms with Gasteiger partial charge in [-0.05, 0) is 0 Å². The molecule has 1 saturated heterocycles. The zero-order valence-corrected chi connectivity index (χ0v) is 10.7. The Balaban J connectivity index is 2.66. The van der Waals surface area contributed by atoms with Crippen LogP contribution in [0.3, 0.4) is 0 Å². The van der Waals surface area contributed by atoms with Crippen LogP contribution in [0.25, 0.3) is 0 Å². The van der Waals surface area contributed by atoms with Gasteiger partial charge in [0.2, 0.25) is 0 Å². The van der Waals surface area contributed by atoms with Crippen molar-refractivity contribution >= 4 is 24.3 Å². The minimum atomic E-state index is -1.98. The Bertz CT molecular complexity index is 152. The average molecular weight is 255 g/mol. The van der Waals surface area contributed by atoms with E-state index in [0.29, 0.717) is 0 Å². The van der Waals surface area contributed by atoms with Gasteiger partial charge in [0.05, 0.1) is 0 Å². The van der Waals surface area contributed by atoms with Crippen LogP contribution in [0.2, 0.25) is 0 Å². The first-order valence-electron chi connectivity index (χ1n) is 4.15. The van der Waals surface area contributed by atoms with Crippen LogP contribution in [-0.2, 0) is 7.45 Å². The number of halogens is 1. The summed E-state index contributed by atoms with van der Waals surface area (Å²) in [5.74, 6) is 0. The van der Waals surface area contributed by atoms with E-state index in [0.717, 1.165) is 12.8 Å². The van der Waals surface area contributed by atoms with Gasteiger partial charge in [-0.2, -0.15) is 0 Å². The molecule has 0 bridgehead atoms. The van der Waals surface area contributed by atoms with Crippen molar-refractivity contribution in [3.63, 3.8) is 0 Å². The second-order valence-electron chi connectivity index (χ2n) is 4.41. The van der Waals surface area contributed by atoms with Gasteiger partial charge < -0.3 is 0 Å². The molecule has 4 heteroatoms. The van der Waals surface area contributed by atoms with E-state index in [1.54, 1.807) is 0 Å². The molecule has 1 rings (SSSR count). The molecule has 12 heavy (non-hydrogen) atoms. The Labute approximate surface area is 83.7 Å². The molecule has 72 valence electrons. The predicted molar refractivity (Wildman–Crippen MR) is 51.2 cm³/mol. The van der Waals surface area contributed by atoms with Gasteiger partial charge in [0.15, 0.2) is 0 Å². The summed E-state index contributed by atoms with van der Waals surface area (Å²) in [6.07, 6.45) is 2.02. The van der Waals surface area contributed by atoms with E-state index in [2.05, 4.69) is 27.7 Å². The second-order valence-corrected chi connectivity index (χ2v) is 7.51. The third-order valence-corrected chi connectivity index (χ3v) is 5.36. The summed E-state index contributed by atoms with van der Waals surface area (Å²) in [6, 6.07) is 0. The van der Waals surface area contributed by atoms with E-state index in [-0.39, 0.29) is 11.2 Å². The molecule has 1 heterocycles. The molecule has 0 aromatic rings. The van der Waals surface area contributed by atoms with Crippen molar-refractivity contribution in [3.8, 4) is 0 Å². The van der Waals surface area contributed by atoms with Gasteiger partial charge in [-0.25, -0.2) is 0 Å². The predicted octanol–water partition coefficient (Wildman–Crippen LogP) is 2.59. The van der Waals surface area contributed by atoms with Crippen molar-refractivity contribution < 1.29 is 7.45 Å². The molecule has 1 fully saturated rings. The summed E-state index contributed by atoms with van der Waals surface area (Å²) >= 11 is -1.98. The summed E-state index contributed by atoms with van der Waals surface area (Å²) in [7, 11) is 5.99. The molecule has 2 nitrogen and oxygen atoms in total. The fraction of sp³-hybridized carbons (Fsp3) is 1.00. The Morgan fingerprint density at radius 2 is 1.33 bits per heavy atom. The van der Waals surface area contributed by atoms with Crippen LogP contribution in [0.5, 0.6) is 0 Å². The quantitative estimate of drug-likeness (QED) is 0.619. The molecule has 0 aromatic heterocycles. The SMILES string of the molecule is CC1(C)CCC(C)(C)O[As](Cl)O1. The third kappa shape index (κ3) is 3.25. The first kappa shape index (κ1) is 10.8. The van der Waals surface area contributed by atoms with E-state index >= 15 is 0 Å². The van der Waals surface area contributed by atoms with E-state index in [1.807, 2.05) is 0 Å². The van der Waals surface area contributed by atoms with Gasteiger partial charge >= 0.3 is 83.5 Å². The first-order valence-corrected chi connectivity index (χ1v) is 8.15. The summed E-state index contributed by atoms with van der Waals surface area (Å²) in [4.78, 5) is 0. The zero-order valence-electron chi connectivity index (χ0n) is 8.06. The van der Waals surface area contributed by atoms with Crippen molar-refractivity contribution in [2.75, 3.05) is 0 Å². The summed E-state index contributed by atoms with van der Waals surface area (Å²) < 4.78 is 11.2. The van der Waals surface area contributed by atoms with Gasteiger partial charge in [-0.3, -0.25) is 0 Å². The maximum absolute atomic E-state index is 5.99. The van der Waals surface area contributed by atoms with Crippen molar-refractivity contribution in [1.29, 1.82) is 0 Å². The Kier molecular flexibility index (Phi) is 3.16. The van der Waals surface area contributed by atoms with E-state index in [1.165, 1.54) is 0 Å². The van der Waals surface area contributed by atoms with Crippen LogP contribution >= 0.6 is 9.95 Å². The Morgan fingerprint density at radius 1 is 1.00 bits per heavy atom. The van der Waals surface area contributed by atoms with Crippen molar-refractivity contribution in [1.82, 2.24) is 0 Å². The Hall–Kier alpha value is 0.768. The molecule has 0 aromatic carbocycles. The fourth-order valence-corrected chi connectivity index (χ4v) is 5.13. The molecular formula is C8H16AsClO2. The molecule has 1 aliphatic heterocycles. The molecule has 1 aliphatic rings. The first-order chi connectivity index (χ1) is 5.31. The fourth-order valence-electron chi connectivity index (χ4n) is 1.10. The van der Waals surface area contributed by atoms with E-state index in [4.69, 9.17) is 17.4 Å². The van der Waals surface area contributed by atoms with Gasteiger partial charge in [-0.1, -0.05) is 0 Å². The third-order valence-electron chi connectivity index (χ3n) is 1.97. The molecule has 0 unspecified atom stereocenters. The molecule has 0 aliphatic carbocycles. The molecule has 0 radical (unpaired) electrons. The van der Waals surface area contributed by atoms with Crippen LogP contribution in [0, 0.1) is 0 Å². The Morgan fingerprint density at radius 3 is 1.67 bits per heavy atom. The van der Waals surface area contributed by atoms with Gasteiger partial charge in [0.1, 0.15) is 0 Å². The second kappa shape index (κ2) is 3.49. The monoisotopic (exact) mass is 254 g/mol. The normalized spacial score (nSPS) is 29.8. The zero-order chi connectivity index (χ0) is 9.41. The van der Waals surface area contributed by atoms with Crippen molar-refractivity contribution in [2.45, 2.75) is 51.7 Å². The standard InChI is InChI=1S/C8H16AsClO2/c1-7(2)5-6-8(3,4)12-9(10)11-7/h5-6H2,1-4H3. The maximum atomic E-state index is 5.99. The minimum absolute atomic E-state index is 0.102. The van der Waals surface area contributed by atoms with E-state index in [9.17, 15) is 0 Å². The van der Waals surface area contributed by atoms with Crippen LogP contribution in [0.1, 0.15) is 40.5 Å². The van der Waals surface area contributed by atoms with Gasteiger partial charge in [0.25, 0.3) is 0 Å². The molecule has 0 atom stereocenters. The van der Waals surface area contributed by atoms with Gasteiger partial charge in [0, 0.05) is 0 Å². The van der Waals surface area contributed by atoms with Crippen LogP contribution < -0.4 is 0 Å². The molecule has 0 amide bonds. The molecular weight excluding hydrogens is 238 g/mol. The molecule has 0 spiro atoms. The summed E-state index contributed by atoms with van der Waals surface area (Å²) in [5.41, 5.74) is -0.203. The number of hydrogen-bond donors (Lipinski definition) is 0. The van der Waals surface area contributed by atoms with Crippen molar-refractivity contribution in [2.24, 2.45) is 0 Å². The van der Waals surface area contributed by atoms with Crippen molar-refractivity contribution in [3.05, 3.63) is 0 Å². The average Bonchev–Trinajstić information content (AvgIpc) is 1.87. The van der Waals surface area contributed by atoms with Crippen LogP contribution in [0.15, 0.2) is 0 Å². The van der Waals surface area contributed by atoms with E-state index < -0.39 is 14.4 Å². The molecule has 0 N–H and O–H groups in total. The number of hydrogen-bond acceptors (Lipinski definition) is 2. The van der Waals surface area contributed by atoms with Gasteiger partial charge in [-0.15, -0.1) is 0 Å².